The van der Waals surface area contributed by atoms with Gasteiger partial charge in [-0.3, -0.25) is 0 Å². The number of hydrogen-bond donors (Lipinski definition) is 0. The van der Waals surface area contributed by atoms with Crippen LogP contribution in [-0.2, 0) is 28.2 Å². The summed E-state index contributed by atoms with van der Waals surface area (Å²) in [5.41, 5.74) is 22.6. The van der Waals surface area contributed by atoms with E-state index in [1.807, 2.05) is 0 Å². The average Bonchev–Trinajstić information content (AvgIpc) is 1.80. The summed E-state index contributed by atoms with van der Waals surface area (Å²) in [6.07, 6.45) is 0. The summed E-state index contributed by atoms with van der Waals surface area (Å²) >= 11 is 0. The lowest BCUT2D eigenvalue weighted by Gasteiger charge is -2.19. The molecule has 12 aromatic carbocycles. The zero-order chi connectivity index (χ0) is 56.5. The third-order valence-corrected chi connectivity index (χ3v) is 18.1. The van der Waals surface area contributed by atoms with Gasteiger partial charge in [0.2, 0.25) is 0 Å². The minimum absolute atomic E-state index is 1.20. The maximum atomic E-state index is 2.45. The number of nitrogens with zero attached hydrogens (tertiary/aromatic N) is 6. The lowest BCUT2D eigenvalue weighted by molar-refractivity contribution is 0.986. The first kappa shape index (κ1) is 49.3. The molecule has 6 aromatic heterocycles. The molecule has 0 saturated carbocycles. The van der Waals surface area contributed by atoms with Gasteiger partial charge in [-0.1, -0.05) is 182 Å². The predicted octanol–water partition coefficient (Wildman–Crippen LogP) is 20.1. The number of benzene rings is 12. The normalized spacial score (nSPS) is 11.9. The largest absolute Gasteiger partial charge is 0.344 e. The van der Waals surface area contributed by atoms with E-state index in [9.17, 15) is 0 Å². The molecule has 6 heterocycles. The van der Waals surface area contributed by atoms with Crippen molar-refractivity contribution in [3.05, 3.63) is 266 Å². The first-order chi connectivity index (χ1) is 41.2. The van der Waals surface area contributed by atoms with Crippen LogP contribution in [0.5, 0.6) is 0 Å². The highest BCUT2D eigenvalue weighted by molar-refractivity contribution is 6.23. The lowest BCUT2D eigenvalue weighted by atomic mass is 9.98. The SMILES string of the molecule is Cc1ccc(-c2ccc(C)cc2-n2c3ccccc3c3ccccc32)c(-n2c3ccccc3c3ccccc32)c1.Cn1c2ccccc2c2cc3c(cc21)c1ccccc1n3C.Cn1c2ccccc2c2ccc3c4ccccc4n(C)c3c21. The van der Waals surface area contributed by atoms with E-state index in [1.54, 1.807) is 0 Å². The van der Waals surface area contributed by atoms with E-state index in [4.69, 9.17) is 0 Å². The van der Waals surface area contributed by atoms with Gasteiger partial charge >= 0.3 is 0 Å². The molecular formula is C78H60N6. The van der Waals surface area contributed by atoms with Crippen LogP contribution in [0.3, 0.4) is 0 Å². The van der Waals surface area contributed by atoms with Crippen LogP contribution in [0.25, 0.3) is 153 Å². The molecule has 0 aliphatic heterocycles. The Hall–Kier alpha value is -10.6. The van der Waals surface area contributed by atoms with Gasteiger partial charge in [0.15, 0.2) is 0 Å². The second kappa shape index (κ2) is 19.0. The van der Waals surface area contributed by atoms with Crippen molar-refractivity contribution in [1.29, 1.82) is 0 Å². The Morgan fingerprint density at radius 3 is 0.762 bits per heavy atom. The van der Waals surface area contributed by atoms with Crippen molar-refractivity contribution in [2.45, 2.75) is 13.8 Å². The average molecular weight is 1080 g/mol. The highest BCUT2D eigenvalue weighted by atomic mass is 15.0. The van der Waals surface area contributed by atoms with E-state index in [1.165, 1.54) is 164 Å². The van der Waals surface area contributed by atoms with Gasteiger partial charge in [-0.25, -0.2) is 0 Å². The molecule has 84 heavy (non-hydrogen) atoms. The molecule has 0 aliphatic carbocycles. The van der Waals surface area contributed by atoms with Crippen molar-refractivity contribution >= 4 is 131 Å². The number of aromatic nitrogens is 6. The third-order valence-electron chi connectivity index (χ3n) is 18.1. The number of fused-ring (bicyclic) bond motifs is 19. The zero-order valence-corrected chi connectivity index (χ0v) is 47.9. The Balaban J connectivity index is 0.000000111. The second-order valence-electron chi connectivity index (χ2n) is 22.8. The summed E-state index contributed by atoms with van der Waals surface area (Å²) in [6.45, 7) is 4.37. The van der Waals surface area contributed by atoms with Gasteiger partial charge in [0, 0.05) is 137 Å². The highest BCUT2D eigenvalue weighted by Crippen LogP contribution is 2.43. The molecule has 0 fully saturated rings. The Labute approximate surface area is 486 Å². The monoisotopic (exact) mass is 1080 g/mol. The maximum Gasteiger partial charge on any atom is 0.0736 e. The maximum absolute atomic E-state index is 2.45. The molecule has 402 valence electrons. The van der Waals surface area contributed by atoms with Gasteiger partial charge in [-0.05, 0) is 97.8 Å². The molecule has 0 radical (unpaired) electrons. The molecule has 0 amide bonds. The Morgan fingerprint density at radius 1 is 0.202 bits per heavy atom. The lowest BCUT2D eigenvalue weighted by Crippen LogP contribution is -2.02. The molecule has 6 nitrogen and oxygen atoms in total. The molecule has 0 atom stereocenters. The van der Waals surface area contributed by atoms with Gasteiger partial charge in [0.25, 0.3) is 0 Å². The van der Waals surface area contributed by atoms with Gasteiger partial charge in [0.05, 0.1) is 44.5 Å². The van der Waals surface area contributed by atoms with Crippen molar-refractivity contribution < 1.29 is 0 Å². The summed E-state index contributed by atoms with van der Waals surface area (Å²) in [6, 6.07) is 92.5. The van der Waals surface area contributed by atoms with Gasteiger partial charge in [0.1, 0.15) is 0 Å². The number of rotatable bonds is 3. The number of aryl methyl sites for hydroxylation is 6. The van der Waals surface area contributed by atoms with E-state index in [0.717, 1.165) is 0 Å². The van der Waals surface area contributed by atoms with E-state index in [2.05, 4.69) is 324 Å². The van der Waals surface area contributed by atoms with Crippen LogP contribution in [0, 0.1) is 13.8 Å². The predicted molar refractivity (Wildman–Crippen MR) is 359 cm³/mol. The summed E-state index contributed by atoms with van der Waals surface area (Å²) in [4.78, 5) is 0. The van der Waals surface area contributed by atoms with Crippen LogP contribution in [-0.4, -0.2) is 27.4 Å². The molecule has 0 aliphatic rings. The third kappa shape index (κ3) is 7.29. The minimum atomic E-state index is 1.20. The Kier molecular flexibility index (Phi) is 11.2. The topological polar surface area (TPSA) is 29.6 Å². The van der Waals surface area contributed by atoms with Gasteiger partial charge in [-0.2, -0.15) is 0 Å². The van der Waals surface area contributed by atoms with Crippen LogP contribution in [0.1, 0.15) is 11.1 Å². The molecule has 6 heteroatoms. The zero-order valence-electron chi connectivity index (χ0n) is 47.9. The highest BCUT2D eigenvalue weighted by Gasteiger charge is 2.22. The quantitative estimate of drug-likeness (QED) is 0.169. The van der Waals surface area contributed by atoms with Crippen molar-refractivity contribution in [2.75, 3.05) is 0 Å². The van der Waals surface area contributed by atoms with Gasteiger partial charge < -0.3 is 27.4 Å². The molecule has 0 N–H and O–H groups in total. The Bertz CT molecular complexity index is 5220. The first-order valence-electron chi connectivity index (χ1n) is 29.1. The van der Waals surface area contributed by atoms with E-state index in [0.29, 0.717) is 0 Å². The van der Waals surface area contributed by atoms with Crippen molar-refractivity contribution in [2.24, 2.45) is 28.2 Å². The van der Waals surface area contributed by atoms with Crippen molar-refractivity contribution in [1.82, 2.24) is 27.4 Å². The van der Waals surface area contributed by atoms with Gasteiger partial charge in [-0.15, -0.1) is 0 Å². The molecule has 18 rings (SSSR count). The standard InChI is InChI=1S/C38H28N2.2C20H16N2/c1-25-19-21-31(37(23-25)39-33-15-7-3-11-27(33)28-12-4-8-16-34(28)39)32-22-20-26(2)24-38(32)40-35-17-9-5-13-29(35)30-14-6-10-18-36(30)40;1-21-17-9-5-3-7-13(17)15-12-20-16(11-19(15)21)14-8-4-6-10-18(14)22(20)2;1-21-17-9-5-3-7-13(17)15-11-12-16-14-8-4-6-10-18(14)22(2)20(16)19(15)21/h3-24H,1-2H3;2*3-12H,1-2H3. The minimum Gasteiger partial charge on any atom is -0.344 e. The molecule has 0 unspecified atom stereocenters. The van der Waals surface area contributed by atoms with E-state index >= 15 is 0 Å². The van der Waals surface area contributed by atoms with Crippen LogP contribution in [0.2, 0.25) is 0 Å². The number of para-hydroxylation sites is 8. The van der Waals surface area contributed by atoms with Crippen LogP contribution in [0.15, 0.2) is 255 Å². The molecular weight excluding hydrogens is 1020 g/mol. The molecule has 18 aromatic rings. The van der Waals surface area contributed by atoms with Crippen molar-refractivity contribution in [3.8, 4) is 22.5 Å². The van der Waals surface area contributed by atoms with E-state index < -0.39 is 0 Å². The van der Waals surface area contributed by atoms with Crippen LogP contribution in [0.4, 0.5) is 0 Å². The summed E-state index contributed by atoms with van der Waals surface area (Å²) in [5.74, 6) is 0. The smallest absolute Gasteiger partial charge is 0.0736 e. The Morgan fingerprint density at radius 2 is 0.452 bits per heavy atom. The molecule has 0 spiro atoms. The fraction of sp³-hybridized carbons (Fsp3) is 0.0769. The number of hydrogen-bond acceptors (Lipinski definition) is 0. The second-order valence-corrected chi connectivity index (χ2v) is 22.8. The van der Waals surface area contributed by atoms with Crippen LogP contribution >= 0.6 is 0 Å². The van der Waals surface area contributed by atoms with E-state index in [-0.39, 0.29) is 0 Å². The summed E-state index contributed by atoms with van der Waals surface area (Å²) in [5, 5.41) is 15.7. The summed E-state index contributed by atoms with van der Waals surface area (Å²) < 4.78 is 14.1. The van der Waals surface area contributed by atoms with Crippen molar-refractivity contribution in [3.63, 3.8) is 0 Å². The first-order valence-corrected chi connectivity index (χ1v) is 29.1. The summed E-state index contributed by atoms with van der Waals surface area (Å²) in [7, 11) is 8.65. The van der Waals surface area contributed by atoms with Crippen LogP contribution < -0.4 is 0 Å². The fourth-order valence-electron chi connectivity index (χ4n) is 14.2. The molecule has 0 saturated heterocycles. The molecule has 0 bridgehead atoms. The fourth-order valence-corrected chi connectivity index (χ4v) is 14.2.